The van der Waals surface area contributed by atoms with Crippen LogP contribution in [0.3, 0.4) is 0 Å². The minimum Gasteiger partial charge on any atom is -0.491 e. The minimum absolute atomic E-state index is 0.0896. The molecule has 0 aromatic heterocycles. The van der Waals surface area contributed by atoms with E-state index < -0.39 is 0 Å². The Morgan fingerprint density at radius 2 is 1.95 bits per heavy atom. The molecule has 1 atom stereocenters. The number of benzene rings is 1. The summed E-state index contributed by atoms with van der Waals surface area (Å²) in [6.45, 7) is 3.71. The van der Waals surface area contributed by atoms with Crippen LogP contribution in [0.15, 0.2) is 24.3 Å². The number of hydrogen-bond acceptors (Lipinski definition) is 4. The molecule has 2 rings (SSSR count). The Morgan fingerprint density at radius 1 is 1.29 bits per heavy atom. The third-order valence-corrected chi connectivity index (χ3v) is 4.29. The van der Waals surface area contributed by atoms with Crippen molar-refractivity contribution in [3.05, 3.63) is 29.3 Å². The van der Waals surface area contributed by atoms with Gasteiger partial charge in [0.1, 0.15) is 18.5 Å². The summed E-state index contributed by atoms with van der Waals surface area (Å²) in [5, 5.41) is 4.07. The molecule has 0 aliphatic carbocycles. The summed E-state index contributed by atoms with van der Waals surface area (Å²) in [5.41, 5.74) is 0. The zero-order valence-corrected chi connectivity index (χ0v) is 13.6. The Morgan fingerprint density at radius 3 is 2.52 bits per heavy atom. The van der Waals surface area contributed by atoms with Gasteiger partial charge in [0.15, 0.2) is 0 Å². The number of nitrogens with zero attached hydrogens (tertiary/aromatic N) is 1. The minimum atomic E-state index is 0.0896. The van der Waals surface area contributed by atoms with Crippen molar-refractivity contribution >= 4 is 11.6 Å². The molecule has 0 spiro atoms. The van der Waals surface area contributed by atoms with Gasteiger partial charge < -0.3 is 19.7 Å². The first kappa shape index (κ1) is 16.6. The lowest BCUT2D eigenvalue weighted by Gasteiger charge is -2.33. The summed E-state index contributed by atoms with van der Waals surface area (Å²) >= 11 is 5.86. The van der Waals surface area contributed by atoms with Gasteiger partial charge in [0.2, 0.25) is 0 Å². The number of ether oxygens (including phenoxy) is 2. The summed E-state index contributed by atoms with van der Waals surface area (Å²) in [4.78, 5) is 2.45. The van der Waals surface area contributed by atoms with Crippen LogP contribution in [0.25, 0.3) is 0 Å². The highest BCUT2D eigenvalue weighted by molar-refractivity contribution is 6.30. The molecule has 1 unspecified atom stereocenters. The van der Waals surface area contributed by atoms with E-state index in [9.17, 15) is 0 Å². The average molecular weight is 313 g/mol. The van der Waals surface area contributed by atoms with Gasteiger partial charge in [-0.2, -0.15) is 0 Å². The molecule has 4 nitrogen and oxygen atoms in total. The molecule has 1 aromatic rings. The molecule has 0 amide bonds. The van der Waals surface area contributed by atoms with Crippen LogP contribution < -0.4 is 10.1 Å². The Hall–Kier alpha value is -0.810. The van der Waals surface area contributed by atoms with E-state index in [0.717, 1.165) is 30.4 Å². The van der Waals surface area contributed by atoms with Crippen molar-refractivity contribution in [2.75, 3.05) is 40.4 Å². The molecule has 1 aliphatic heterocycles. The van der Waals surface area contributed by atoms with Crippen LogP contribution in [0.2, 0.25) is 5.02 Å². The van der Waals surface area contributed by atoms with E-state index in [-0.39, 0.29) is 6.10 Å². The van der Waals surface area contributed by atoms with Gasteiger partial charge in [-0.05, 0) is 57.2 Å². The highest BCUT2D eigenvalue weighted by Gasteiger charge is 2.20. The van der Waals surface area contributed by atoms with Gasteiger partial charge in [0.25, 0.3) is 0 Å². The predicted octanol–water partition coefficient (Wildman–Crippen LogP) is 2.42. The van der Waals surface area contributed by atoms with E-state index in [2.05, 4.69) is 10.2 Å². The third kappa shape index (κ3) is 5.47. The van der Waals surface area contributed by atoms with Crippen molar-refractivity contribution < 1.29 is 9.47 Å². The van der Waals surface area contributed by atoms with E-state index in [1.807, 2.05) is 31.3 Å². The van der Waals surface area contributed by atoms with Gasteiger partial charge in [-0.25, -0.2) is 0 Å². The normalized spacial score (nSPS) is 18.6. The Labute approximate surface area is 132 Å². The molecule has 1 saturated heterocycles. The van der Waals surface area contributed by atoms with Crippen molar-refractivity contribution in [2.24, 2.45) is 0 Å². The second-order valence-corrected chi connectivity index (χ2v) is 5.92. The monoisotopic (exact) mass is 312 g/mol. The molecule has 21 heavy (non-hydrogen) atoms. The molecule has 1 heterocycles. The smallest absolute Gasteiger partial charge is 0.119 e. The fourth-order valence-electron chi connectivity index (χ4n) is 2.61. The van der Waals surface area contributed by atoms with E-state index in [1.54, 1.807) is 7.11 Å². The number of piperidine rings is 1. The fourth-order valence-corrected chi connectivity index (χ4v) is 2.73. The molecule has 1 aliphatic rings. The van der Waals surface area contributed by atoms with Crippen LogP contribution in [-0.4, -0.2) is 57.4 Å². The first-order valence-electron chi connectivity index (χ1n) is 7.52. The van der Waals surface area contributed by atoms with Crippen LogP contribution in [0.5, 0.6) is 5.75 Å². The molecule has 0 saturated carbocycles. The van der Waals surface area contributed by atoms with Crippen LogP contribution in [0, 0.1) is 0 Å². The van der Waals surface area contributed by atoms with Gasteiger partial charge in [-0.1, -0.05) is 11.6 Å². The number of likely N-dealkylation sites (tertiary alicyclic amines) is 1. The highest BCUT2D eigenvalue weighted by atomic mass is 35.5. The van der Waals surface area contributed by atoms with Gasteiger partial charge >= 0.3 is 0 Å². The summed E-state index contributed by atoms with van der Waals surface area (Å²) in [6, 6.07) is 8.09. The first-order chi connectivity index (χ1) is 10.2. The van der Waals surface area contributed by atoms with Gasteiger partial charge in [-0.15, -0.1) is 0 Å². The van der Waals surface area contributed by atoms with Crippen molar-refractivity contribution in [1.29, 1.82) is 0 Å². The molecule has 1 N–H and O–H groups in total. The van der Waals surface area contributed by atoms with Crippen LogP contribution in [-0.2, 0) is 4.74 Å². The van der Waals surface area contributed by atoms with Crippen molar-refractivity contribution in [3.63, 3.8) is 0 Å². The van der Waals surface area contributed by atoms with Crippen molar-refractivity contribution in [1.82, 2.24) is 10.2 Å². The van der Waals surface area contributed by atoms with Crippen molar-refractivity contribution in [3.8, 4) is 5.75 Å². The Balaban J connectivity index is 1.74. The second-order valence-electron chi connectivity index (χ2n) is 5.49. The van der Waals surface area contributed by atoms with E-state index >= 15 is 0 Å². The van der Waals surface area contributed by atoms with Gasteiger partial charge in [0.05, 0.1) is 0 Å². The lowest BCUT2D eigenvalue weighted by Crippen LogP contribution is -2.45. The lowest BCUT2D eigenvalue weighted by molar-refractivity contribution is 0.0231. The quantitative estimate of drug-likeness (QED) is 0.838. The molecule has 1 fully saturated rings. The van der Waals surface area contributed by atoms with E-state index in [4.69, 9.17) is 21.1 Å². The zero-order valence-electron chi connectivity index (χ0n) is 12.8. The van der Waals surface area contributed by atoms with Crippen LogP contribution >= 0.6 is 11.6 Å². The number of rotatable bonds is 7. The summed E-state index contributed by atoms with van der Waals surface area (Å²) in [5.74, 6) is 0.829. The second kappa shape index (κ2) is 8.59. The largest absolute Gasteiger partial charge is 0.491 e. The van der Waals surface area contributed by atoms with Gasteiger partial charge in [-0.3, -0.25) is 0 Å². The zero-order chi connectivity index (χ0) is 15.1. The molecule has 5 heteroatoms. The maximum atomic E-state index is 5.86. The maximum absolute atomic E-state index is 5.86. The standard InChI is InChI=1S/C16H25ClN2O2/c1-18-14-7-9-19(10-8-14)11-16(20-2)12-21-15-5-3-13(17)4-6-15/h3-6,14,16,18H,7-12H2,1-2H3. The Kier molecular flexibility index (Phi) is 6.77. The topological polar surface area (TPSA) is 33.7 Å². The molecule has 118 valence electrons. The summed E-state index contributed by atoms with van der Waals surface area (Å²) < 4.78 is 11.3. The molecule has 0 bridgehead atoms. The molecule has 0 radical (unpaired) electrons. The Bertz CT molecular complexity index is 405. The van der Waals surface area contributed by atoms with Crippen molar-refractivity contribution in [2.45, 2.75) is 25.0 Å². The van der Waals surface area contributed by atoms with Crippen LogP contribution in [0.4, 0.5) is 0 Å². The molecular formula is C16H25ClN2O2. The molecular weight excluding hydrogens is 288 g/mol. The average Bonchev–Trinajstić information content (AvgIpc) is 2.53. The van der Waals surface area contributed by atoms with Crippen LogP contribution in [0.1, 0.15) is 12.8 Å². The fraction of sp³-hybridized carbons (Fsp3) is 0.625. The highest BCUT2D eigenvalue weighted by Crippen LogP contribution is 2.16. The molecule has 1 aromatic carbocycles. The number of nitrogens with one attached hydrogen (secondary N) is 1. The lowest BCUT2D eigenvalue weighted by atomic mass is 10.1. The number of methoxy groups -OCH3 is 1. The summed E-state index contributed by atoms with van der Waals surface area (Å²) in [6.07, 6.45) is 2.49. The predicted molar refractivity (Wildman–Crippen MR) is 86.3 cm³/mol. The van der Waals surface area contributed by atoms with E-state index in [1.165, 1.54) is 12.8 Å². The number of hydrogen-bond donors (Lipinski definition) is 1. The van der Waals surface area contributed by atoms with E-state index in [0.29, 0.717) is 12.6 Å². The first-order valence-corrected chi connectivity index (χ1v) is 7.90. The third-order valence-electron chi connectivity index (χ3n) is 4.04. The maximum Gasteiger partial charge on any atom is 0.119 e. The number of halogens is 1. The summed E-state index contributed by atoms with van der Waals surface area (Å²) in [7, 11) is 3.79. The SMILES string of the molecule is CNC1CCN(CC(COc2ccc(Cl)cc2)OC)CC1. The van der Waals surface area contributed by atoms with Gasteiger partial charge in [0, 0.05) is 24.7 Å².